The van der Waals surface area contributed by atoms with Gasteiger partial charge in [0.2, 0.25) is 0 Å². The molecule has 0 saturated heterocycles. The van der Waals surface area contributed by atoms with Gasteiger partial charge in [-0.25, -0.2) is 0 Å². The zero-order valence-corrected chi connectivity index (χ0v) is 13.1. The second kappa shape index (κ2) is 5.81. The molecule has 18 heavy (non-hydrogen) atoms. The molecule has 2 rings (SSSR count). The number of rotatable bonds is 3. The molecule has 0 aliphatic heterocycles. The predicted octanol–water partition coefficient (Wildman–Crippen LogP) is 4.24. The molecule has 1 aromatic rings. The Labute approximate surface area is 125 Å². The molecular formula is C13H14BrCl2NO. The third-order valence-electron chi connectivity index (χ3n) is 3.22. The van der Waals surface area contributed by atoms with E-state index < -0.39 is 0 Å². The second-order valence-electron chi connectivity index (χ2n) is 4.74. The van der Waals surface area contributed by atoms with E-state index in [2.05, 4.69) is 15.9 Å². The highest BCUT2D eigenvalue weighted by molar-refractivity contribution is 9.09. The van der Waals surface area contributed by atoms with Crippen molar-refractivity contribution in [1.82, 2.24) is 4.90 Å². The Kier molecular flexibility index (Phi) is 4.57. The van der Waals surface area contributed by atoms with Crippen molar-refractivity contribution in [1.29, 1.82) is 0 Å². The van der Waals surface area contributed by atoms with E-state index in [1.807, 2.05) is 0 Å². The smallest absolute Gasteiger partial charge is 0.255 e. The molecule has 1 aliphatic carbocycles. The van der Waals surface area contributed by atoms with Crippen LogP contribution < -0.4 is 0 Å². The minimum atomic E-state index is -0.0690. The number of alkyl halides is 1. The van der Waals surface area contributed by atoms with Gasteiger partial charge in [-0.2, -0.15) is 0 Å². The van der Waals surface area contributed by atoms with Crippen LogP contribution in [-0.2, 0) is 0 Å². The summed E-state index contributed by atoms with van der Waals surface area (Å²) in [6, 6.07) is 4.96. The van der Waals surface area contributed by atoms with Crippen molar-refractivity contribution in [3.05, 3.63) is 33.8 Å². The molecule has 98 valence electrons. The number of nitrogens with zero attached hydrogens (tertiary/aromatic N) is 1. The maximum Gasteiger partial charge on any atom is 0.255 e. The molecule has 5 heteroatoms. The molecule has 1 saturated carbocycles. The molecule has 1 aromatic carbocycles. The monoisotopic (exact) mass is 349 g/mol. The summed E-state index contributed by atoms with van der Waals surface area (Å²) in [6.45, 7) is 0.768. The van der Waals surface area contributed by atoms with Crippen molar-refractivity contribution in [3.8, 4) is 0 Å². The molecule has 0 heterocycles. The number of halogens is 3. The lowest BCUT2D eigenvalue weighted by Gasteiger charge is -2.34. The van der Waals surface area contributed by atoms with E-state index in [1.54, 1.807) is 30.1 Å². The molecule has 1 fully saturated rings. The van der Waals surface area contributed by atoms with E-state index in [0.717, 1.165) is 19.4 Å². The van der Waals surface area contributed by atoms with Crippen LogP contribution in [0.5, 0.6) is 0 Å². The van der Waals surface area contributed by atoms with Crippen LogP contribution in [0.25, 0.3) is 0 Å². The fraction of sp³-hybridized carbons (Fsp3) is 0.462. The van der Waals surface area contributed by atoms with E-state index in [1.165, 1.54) is 0 Å². The van der Waals surface area contributed by atoms with Gasteiger partial charge in [-0.1, -0.05) is 39.1 Å². The molecule has 0 radical (unpaired) electrons. The number of carbonyl (C=O) groups excluding carboxylic acids is 1. The normalized spacial score (nSPS) is 22.4. The Morgan fingerprint density at radius 3 is 2.72 bits per heavy atom. The highest BCUT2D eigenvalue weighted by atomic mass is 79.9. The number of hydrogen-bond acceptors (Lipinski definition) is 1. The first-order valence-corrected chi connectivity index (χ1v) is 7.49. The van der Waals surface area contributed by atoms with Crippen LogP contribution in [0.2, 0.25) is 10.0 Å². The first-order valence-electron chi connectivity index (χ1n) is 5.82. The van der Waals surface area contributed by atoms with Crippen molar-refractivity contribution in [2.45, 2.75) is 17.7 Å². The maximum absolute atomic E-state index is 12.2. The largest absolute Gasteiger partial charge is 0.341 e. The van der Waals surface area contributed by atoms with Gasteiger partial charge in [-0.05, 0) is 37.0 Å². The second-order valence-corrected chi connectivity index (χ2v) is 6.88. The third-order valence-corrected chi connectivity index (χ3v) is 4.53. The van der Waals surface area contributed by atoms with Gasteiger partial charge in [0.05, 0.1) is 10.6 Å². The van der Waals surface area contributed by atoms with E-state index in [-0.39, 0.29) is 5.91 Å². The minimum absolute atomic E-state index is 0.0690. The standard InChI is InChI=1S/C13H14BrCl2NO/c1-17(7-8-4-9(14)5-8)13(18)11-6-10(15)2-3-12(11)16/h2-3,6,8-9H,4-5,7H2,1H3. The Bertz CT molecular complexity index is 460. The maximum atomic E-state index is 12.2. The summed E-state index contributed by atoms with van der Waals surface area (Å²) in [5, 5.41) is 0.976. The quantitative estimate of drug-likeness (QED) is 0.746. The lowest BCUT2D eigenvalue weighted by molar-refractivity contribution is 0.0749. The van der Waals surface area contributed by atoms with Crippen LogP contribution in [0.4, 0.5) is 0 Å². The Hall–Kier alpha value is -0.250. The molecule has 1 amide bonds. The summed E-state index contributed by atoms with van der Waals surface area (Å²) in [5.74, 6) is 0.516. The van der Waals surface area contributed by atoms with Gasteiger partial charge in [0.25, 0.3) is 5.91 Å². The van der Waals surface area contributed by atoms with Crippen LogP contribution in [-0.4, -0.2) is 29.2 Å². The molecule has 0 aromatic heterocycles. The van der Waals surface area contributed by atoms with Gasteiger partial charge < -0.3 is 4.90 Å². The number of carbonyl (C=O) groups is 1. The topological polar surface area (TPSA) is 20.3 Å². The van der Waals surface area contributed by atoms with Gasteiger partial charge in [0, 0.05) is 23.4 Å². The third kappa shape index (κ3) is 3.19. The molecule has 0 unspecified atom stereocenters. The highest BCUT2D eigenvalue weighted by Gasteiger charge is 2.29. The van der Waals surface area contributed by atoms with Gasteiger partial charge in [0.15, 0.2) is 0 Å². The van der Waals surface area contributed by atoms with Crippen LogP contribution in [0.1, 0.15) is 23.2 Å². The van der Waals surface area contributed by atoms with E-state index in [0.29, 0.717) is 26.4 Å². The summed E-state index contributed by atoms with van der Waals surface area (Å²) in [5.41, 5.74) is 0.474. The summed E-state index contributed by atoms with van der Waals surface area (Å²) in [7, 11) is 1.81. The number of amides is 1. The van der Waals surface area contributed by atoms with Crippen LogP contribution >= 0.6 is 39.1 Å². The fourth-order valence-electron chi connectivity index (χ4n) is 2.14. The van der Waals surface area contributed by atoms with Crippen LogP contribution in [0.15, 0.2) is 18.2 Å². The Balaban J connectivity index is 2.03. The van der Waals surface area contributed by atoms with Gasteiger partial charge in [-0.15, -0.1) is 0 Å². The van der Waals surface area contributed by atoms with Gasteiger partial charge >= 0.3 is 0 Å². The lowest BCUT2D eigenvalue weighted by atomic mass is 9.85. The van der Waals surface area contributed by atoms with Gasteiger partial charge in [-0.3, -0.25) is 4.79 Å². The molecule has 1 aliphatic rings. The molecule has 2 nitrogen and oxygen atoms in total. The van der Waals surface area contributed by atoms with E-state index >= 15 is 0 Å². The van der Waals surface area contributed by atoms with Crippen LogP contribution in [0, 0.1) is 5.92 Å². The SMILES string of the molecule is CN(CC1CC(Br)C1)C(=O)c1cc(Cl)ccc1Cl. The molecule has 0 bridgehead atoms. The zero-order valence-electron chi connectivity index (χ0n) is 10.00. The van der Waals surface area contributed by atoms with E-state index in [9.17, 15) is 4.79 Å². The summed E-state index contributed by atoms with van der Waals surface area (Å²) < 4.78 is 0. The van der Waals surface area contributed by atoms with Gasteiger partial charge in [0.1, 0.15) is 0 Å². The Morgan fingerprint density at radius 1 is 1.44 bits per heavy atom. The predicted molar refractivity (Wildman–Crippen MR) is 78.9 cm³/mol. The summed E-state index contributed by atoms with van der Waals surface area (Å²) in [6.07, 6.45) is 2.25. The average Bonchev–Trinajstić information content (AvgIpc) is 2.29. The molecule has 0 N–H and O–H groups in total. The van der Waals surface area contributed by atoms with Crippen molar-refractivity contribution < 1.29 is 4.79 Å². The van der Waals surface area contributed by atoms with E-state index in [4.69, 9.17) is 23.2 Å². The zero-order chi connectivity index (χ0) is 13.3. The molecular weight excluding hydrogens is 337 g/mol. The highest BCUT2D eigenvalue weighted by Crippen LogP contribution is 2.34. The minimum Gasteiger partial charge on any atom is -0.341 e. The first kappa shape index (κ1) is 14.2. The number of hydrogen-bond donors (Lipinski definition) is 0. The van der Waals surface area contributed by atoms with Crippen molar-refractivity contribution >= 4 is 45.0 Å². The number of benzene rings is 1. The van der Waals surface area contributed by atoms with Crippen molar-refractivity contribution in [2.24, 2.45) is 5.92 Å². The molecule has 0 spiro atoms. The Morgan fingerprint density at radius 2 is 2.11 bits per heavy atom. The van der Waals surface area contributed by atoms with Crippen molar-refractivity contribution in [2.75, 3.05) is 13.6 Å². The van der Waals surface area contributed by atoms with Crippen molar-refractivity contribution in [3.63, 3.8) is 0 Å². The summed E-state index contributed by atoms with van der Waals surface area (Å²) >= 11 is 15.5. The molecule has 0 atom stereocenters. The van der Waals surface area contributed by atoms with Crippen LogP contribution in [0.3, 0.4) is 0 Å². The summed E-state index contributed by atoms with van der Waals surface area (Å²) in [4.78, 5) is 14.6. The first-order chi connectivity index (χ1) is 8.47. The average molecular weight is 351 g/mol. The lowest BCUT2D eigenvalue weighted by Crippen LogP contribution is -2.37. The fourth-order valence-corrected chi connectivity index (χ4v) is 3.57.